The number of ether oxygens (including phenoxy) is 1. The highest BCUT2D eigenvalue weighted by molar-refractivity contribution is 5.85. The molecule has 0 aliphatic rings. The average molecular weight is 281 g/mol. The SMILES string of the molecule is Cl.O=C(O)COC(c1ccccn1)c1ccccn1. The molecule has 0 amide bonds. The molecule has 0 unspecified atom stereocenters. The van der Waals surface area contributed by atoms with E-state index in [1.54, 1.807) is 36.7 Å². The highest BCUT2D eigenvalue weighted by Gasteiger charge is 2.18. The number of carboxylic acids is 1. The number of halogens is 1. The summed E-state index contributed by atoms with van der Waals surface area (Å²) in [5.41, 5.74) is 1.27. The first-order valence-corrected chi connectivity index (χ1v) is 5.42. The van der Waals surface area contributed by atoms with Gasteiger partial charge in [0.05, 0.1) is 11.4 Å². The lowest BCUT2D eigenvalue weighted by Gasteiger charge is -2.15. The Morgan fingerprint density at radius 2 is 1.63 bits per heavy atom. The van der Waals surface area contributed by atoms with Crippen LogP contribution in [-0.2, 0) is 9.53 Å². The van der Waals surface area contributed by atoms with Gasteiger partial charge in [0.15, 0.2) is 0 Å². The number of hydrogen-bond acceptors (Lipinski definition) is 4. The summed E-state index contributed by atoms with van der Waals surface area (Å²) in [5, 5.41) is 8.69. The molecule has 2 aromatic rings. The molecule has 0 radical (unpaired) electrons. The number of rotatable bonds is 5. The Balaban J connectivity index is 0.00000180. The van der Waals surface area contributed by atoms with Crippen molar-refractivity contribution in [2.24, 2.45) is 0 Å². The second-order valence-corrected chi connectivity index (χ2v) is 3.59. The van der Waals surface area contributed by atoms with Gasteiger partial charge in [-0.05, 0) is 24.3 Å². The van der Waals surface area contributed by atoms with Gasteiger partial charge in [0.1, 0.15) is 12.7 Å². The van der Waals surface area contributed by atoms with Crippen LogP contribution in [0.25, 0.3) is 0 Å². The highest BCUT2D eigenvalue weighted by Crippen LogP contribution is 2.21. The topological polar surface area (TPSA) is 72.3 Å². The molecule has 2 aromatic heterocycles. The van der Waals surface area contributed by atoms with Crippen LogP contribution in [0.1, 0.15) is 17.5 Å². The average Bonchev–Trinajstić information content (AvgIpc) is 2.41. The van der Waals surface area contributed by atoms with E-state index < -0.39 is 18.7 Å². The predicted octanol–water partition coefficient (Wildman–Crippen LogP) is 2.09. The lowest BCUT2D eigenvalue weighted by atomic mass is 10.1. The largest absolute Gasteiger partial charge is 0.480 e. The second-order valence-electron chi connectivity index (χ2n) is 3.59. The van der Waals surface area contributed by atoms with E-state index in [9.17, 15) is 4.79 Å². The summed E-state index contributed by atoms with van der Waals surface area (Å²) < 4.78 is 5.35. The number of hydrogen-bond donors (Lipinski definition) is 1. The zero-order chi connectivity index (χ0) is 12.8. The molecule has 0 saturated carbocycles. The third kappa shape index (κ3) is 4.31. The van der Waals surface area contributed by atoms with Crippen molar-refractivity contribution >= 4 is 18.4 Å². The summed E-state index contributed by atoms with van der Waals surface area (Å²) in [7, 11) is 0. The monoisotopic (exact) mass is 280 g/mol. The van der Waals surface area contributed by atoms with E-state index in [1.807, 2.05) is 12.1 Å². The van der Waals surface area contributed by atoms with Crippen LogP contribution < -0.4 is 0 Å². The summed E-state index contributed by atoms with van der Waals surface area (Å²) in [6.07, 6.45) is 2.70. The van der Waals surface area contributed by atoms with Crippen molar-refractivity contribution in [3.63, 3.8) is 0 Å². The van der Waals surface area contributed by atoms with Crippen LogP contribution in [0.15, 0.2) is 48.8 Å². The smallest absolute Gasteiger partial charge is 0.329 e. The zero-order valence-corrected chi connectivity index (χ0v) is 10.8. The maximum absolute atomic E-state index is 10.6. The van der Waals surface area contributed by atoms with Crippen molar-refractivity contribution < 1.29 is 14.6 Å². The van der Waals surface area contributed by atoms with Crippen molar-refractivity contribution in [3.8, 4) is 0 Å². The van der Waals surface area contributed by atoms with Gasteiger partial charge in [-0.1, -0.05) is 12.1 Å². The molecule has 0 aromatic carbocycles. The quantitative estimate of drug-likeness (QED) is 0.908. The number of pyridine rings is 2. The molecule has 0 aliphatic heterocycles. The Bertz CT molecular complexity index is 468. The molecule has 5 nitrogen and oxygen atoms in total. The molecule has 1 N–H and O–H groups in total. The molecule has 0 aliphatic carbocycles. The van der Waals surface area contributed by atoms with Gasteiger partial charge >= 0.3 is 5.97 Å². The summed E-state index contributed by atoms with van der Waals surface area (Å²) >= 11 is 0. The molecular formula is C13H13ClN2O3. The molecule has 100 valence electrons. The Morgan fingerprint density at radius 3 is 2.00 bits per heavy atom. The van der Waals surface area contributed by atoms with Crippen molar-refractivity contribution in [2.45, 2.75) is 6.10 Å². The van der Waals surface area contributed by atoms with Gasteiger partial charge in [0.2, 0.25) is 0 Å². The van der Waals surface area contributed by atoms with Gasteiger partial charge < -0.3 is 9.84 Å². The molecule has 2 heterocycles. The van der Waals surface area contributed by atoms with E-state index in [0.29, 0.717) is 11.4 Å². The second kappa shape index (κ2) is 7.45. The summed E-state index contributed by atoms with van der Waals surface area (Å²) in [6.45, 7) is -0.391. The maximum atomic E-state index is 10.6. The normalized spacial score (nSPS) is 9.95. The van der Waals surface area contributed by atoms with Crippen LogP contribution in [0.5, 0.6) is 0 Å². The zero-order valence-electron chi connectivity index (χ0n) is 9.97. The van der Waals surface area contributed by atoms with Gasteiger partial charge in [-0.2, -0.15) is 0 Å². The minimum atomic E-state index is -1.02. The number of aliphatic carboxylic acids is 1. The fourth-order valence-corrected chi connectivity index (χ4v) is 1.54. The molecule has 0 saturated heterocycles. The number of aromatic nitrogens is 2. The van der Waals surface area contributed by atoms with E-state index in [4.69, 9.17) is 9.84 Å². The molecular weight excluding hydrogens is 268 g/mol. The van der Waals surface area contributed by atoms with Crippen molar-refractivity contribution in [1.29, 1.82) is 0 Å². The first-order chi connectivity index (χ1) is 8.77. The molecule has 0 bridgehead atoms. The Hall–Kier alpha value is -1.98. The van der Waals surface area contributed by atoms with Crippen LogP contribution in [0.3, 0.4) is 0 Å². The first-order valence-electron chi connectivity index (χ1n) is 5.42. The summed E-state index contributed by atoms with van der Waals surface area (Å²) in [4.78, 5) is 19.0. The van der Waals surface area contributed by atoms with E-state index in [-0.39, 0.29) is 12.4 Å². The van der Waals surface area contributed by atoms with Gasteiger partial charge in [-0.15, -0.1) is 12.4 Å². The molecule has 0 spiro atoms. The van der Waals surface area contributed by atoms with Crippen molar-refractivity contribution in [2.75, 3.05) is 6.61 Å². The maximum Gasteiger partial charge on any atom is 0.329 e. The number of carbonyl (C=O) groups is 1. The Labute approximate surface area is 116 Å². The molecule has 0 fully saturated rings. The van der Waals surface area contributed by atoms with Crippen LogP contribution in [0, 0.1) is 0 Å². The molecule has 6 heteroatoms. The summed E-state index contributed by atoms with van der Waals surface area (Å²) in [5.74, 6) is -1.02. The van der Waals surface area contributed by atoms with Crippen LogP contribution in [0.2, 0.25) is 0 Å². The third-order valence-electron chi connectivity index (χ3n) is 2.29. The van der Waals surface area contributed by atoms with Gasteiger partial charge in [-0.3, -0.25) is 9.97 Å². The minimum absolute atomic E-state index is 0. The molecule has 0 atom stereocenters. The lowest BCUT2D eigenvalue weighted by molar-refractivity contribution is -0.143. The highest BCUT2D eigenvalue weighted by atomic mass is 35.5. The fourth-order valence-electron chi connectivity index (χ4n) is 1.54. The summed E-state index contributed by atoms with van der Waals surface area (Å²) in [6, 6.07) is 10.8. The fraction of sp³-hybridized carbons (Fsp3) is 0.154. The van der Waals surface area contributed by atoms with E-state index in [2.05, 4.69) is 9.97 Å². The van der Waals surface area contributed by atoms with Gasteiger partial charge in [0.25, 0.3) is 0 Å². The van der Waals surface area contributed by atoms with Crippen LogP contribution in [-0.4, -0.2) is 27.7 Å². The predicted molar refractivity (Wildman–Crippen MR) is 71.2 cm³/mol. The van der Waals surface area contributed by atoms with E-state index in [1.165, 1.54) is 0 Å². The van der Waals surface area contributed by atoms with Crippen molar-refractivity contribution in [1.82, 2.24) is 9.97 Å². The Morgan fingerprint density at radius 1 is 1.11 bits per heavy atom. The van der Waals surface area contributed by atoms with Gasteiger partial charge in [0, 0.05) is 12.4 Å². The van der Waals surface area contributed by atoms with Crippen LogP contribution in [0.4, 0.5) is 0 Å². The van der Waals surface area contributed by atoms with Crippen molar-refractivity contribution in [3.05, 3.63) is 60.2 Å². The Kier molecular flexibility index (Phi) is 5.92. The van der Waals surface area contributed by atoms with Gasteiger partial charge in [-0.25, -0.2) is 4.79 Å². The lowest BCUT2D eigenvalue weighted by Crippen LogP contribution is -2.15. The van der Waals surface area contributed by atoms with E-state index in [0.717, 1.165) is 0 Å². The van der Waals surface area contributed by atoms with Crippen LogP contribution >= 0.6 is 12.4 Å². The number of carboxylic acid groups (broad SMARTS) is 1. The molecule has 19 heavy (non-hydrogen) atoms. The number of nitrogens with zero attached hydrogens (tertiary/aromatic N) is 2. The molecule has 2 rings (SSSR count). The van der Waals surface area contributed by atoms with E-state index >= 15 is 0 Å². The minimum Gasteiger partial charge on any atom is -0.480 e. The third-order valence-corrected chi connectivity index (χ3v) is 2.29. The first kappa shape index (κ1) is 15.1. The standard InChI is InChI=1S/C13H12N2O3.ClH/c16-12(17)9-18-13(10-5-1-3-7-14-10)11-6-2-4-8-15-11;/h1-8,13H,9H2,(H,16,17);1H.